The highest BCUT2D eigenvalue weighted by molar-refractivity contribution is 5.78. The lowest BCUT2D eigenvalue weighted by Crippen LogP contribution is -2.31. The number of carbonyl (C=O) groups is 1. The summed E-state index contributed by atoms with van der Waals surface area (Å²) in [6.07, 6.45) is 1.70. The Balaban J connectivity index is 1.62. The third-order valence-electron chi connectivity index (χ3n) is 4.47. The Labute approximate surface area is 169 Å². The molecule has 7 heteroatoms. The number of carbonyl (C=O) groups excluding carboxylic acids is 1. The minimum absolute atomic E-state index is 0.125. The normalized spacial score (nSPS) is 11.7. The minimum Gasteiger partial charge on any atom is -0.490 e. The number of aromatic nitrogens is 2. The highest BCUT2D eigenvalue weighted by Crippen LogP contribution is 2.26. The standard InChI is InChI=1S/C22H24FN3O3/c1-4-28-20-7-5-6-8-21(20)29-14-22(27)25-15(2)19-13-24-26(16(19)3)18-11-9-17(23)10-12-18/h5-13,15H,4,14H2,1-3H3,(H,25,27). The molecule has 3 aromatic rings. The van der Waals surface area contributed by atoms with Crippen molar-refractivity contribution >= 4 is 5.91 Å². The maximum Gasteiger partial charge on any atom is 0.258 e. The van der Waals surface area contributed by atoms with E-state index in [1.807, 2.05) is 32.9 Å². The van der Waals surface area contributed by atoms with Crippen molar-refractivity contribution in [2.75, 3.05) is 13.2 Å². The first-order chi connectivity index (χ1) is 14.0. The lowest BCUT2D eigenvalue weighted by molar-refractivity contribution is -0.123. The molecular formula is C22H24FN3O3. The molecule has 0 bridgehead atoms. The average molecular weight is 397 g/mol. The summed E-state index contributed by atoms with van der Waals surface area (Å²) in [5, 5.41) is 7.28. The zero-order valence-electron chi connectivity index (χ0n) is 16.7. The molecule has 1 atom stereocenters. The maximum atomic E-state index is 13.1. The van der Waals surface area contributed by atoms with Crippen LogP contribution in [0.2, 0.25) is 0 Å². The van der Waals surface area contributed by atoms with Gasteiger partial charge in [-0.1, -0.05) is 12.1 Å². The fourth-order valence-corrected chi connectivity index (χ4v) is 3.04. The number of benzene rings is 2. The van der Waals surface area contributed by atoms with E-state index in [-0.39, 0.29) is 24.4 Å². The number of halogens is 1. The van der Waals surface area contributed by atoms with Gasteiger partial charge in [0.15, 0.2) is 18.1 Å². The van der Waals surface area contributed by atoms with Crippen LogP contribution in [0, 0.1) is 12.7 Å². The van der Waals surface area contributed by atoms with Crippen molar-refractivity contribution in [1.29, 1.82) is 0 Å². The van der Waals surface area contributed by atoms with Crippen LogP contribution in [0.3, 0.4) is 0 Å². The monoisotopic (exact) mass is 397 g/mol. The Morgan fingerprint density at radius 3 is 2.45 bits per heavy atom. The van der Waals surface area contributed by atoms with E-state index in [4.69, 9.17) is 9.47 Å². The van der Waals surface area contributed by atoms with Gasteiger partial charge in [-0.05, 0) is 57.2 Å². The predicted molar refractivity (Wildman–Crippen MR) is 108 cm³/mol. The smallest absolute Gasteiger partial charge is 0.258 e. The summed E-state index contributed by atoms with van der Waals surface area (Å²) in [6, 6.07) is 13.1. The van der Waals surface area contributed by atoms with Crippen molar-refractivity contribution in [3.63, 3.8) is 0 Å². The van der Waals surface area contributed by atoms with Gasteiger partial charge in [0.2, 0.25) is 0 Å². The molecule has 29 heavy (non-hydrogen) atoms. The van der Waals surface area contributed by atoms with Gasteiger partial charge in [-0.15, -0.1) is 0 Å². The van der Waals surface area contributed by atoms with E-state index < -0.39 is 0 Å². The Morgan fingerprint density at radius 2 is 1.79 bits per heavy atom. The van der Waals surface area contributed by atoms with Crippen molar-refractivity contribution in [3.8, 4) is 17.2 Å². The molecule has 0 aliphatic heterocycles. The van der Waals surface area contributed by atoms with E-state index in [0.29, 0.717) is 18.1 Å². The molecule has 0 spiro atoms. The summed E-state index contributed by atoms with van der Waals surface area (Å²) in [7, 11) is 0. The first kappa shape index (κ1) is 20.4. The molecule has 1 heterocycles. The van der Waals surface area contributed by atoms with Gasteiger partial charge in [-0.25, -0.2) is 9.07 Å². The number of hydrogen-bond acceptors (Lipinski definition) is 4. The second kappa shape index (κ2) is 9.23. The van der Waals surface area contributed by atoms with Crippen molar-refractivity contribution in [1.82, 2.24) is 15.1 Å². The highest BCUT2D eigenvalue weighted by Gasteiger charge is 2.17. The number of ether oxygens (including phenoxy) is 2. The zero-order valence-corrected chi connectivity index (χ0v) is 16.7. The zero-order chi connectivity index (χ0) is 20.8. The molecule has 2 aromatic carbocycles. The van der Waals surface area contributed by atoms with Gasteiger partial charge < -0.3 is 14.8 Å². The molecule has 1 N–H and O–H groups in total. The Bertz CT molecular complexity index is 970. The second-order valence-electron chi connectivity index (χ2n) is 6.53. The SMILES string of the molecule is CCOc1ccccc1OCC(=O)NC(C)c1cnn(-c2ccc(F)cc2)c1C. The highest BCUT2D eigenvalue weighted by atomic mass is 19.1. The fourth-order valence-electron chi connectivity index (χ4n) is 3.04. The van der Waals surface area contributed by atoms with E-state index in [1.165, 1.54) is 12.1 Å². The largest absolute Gasteiger partial charge is 0.490 e. The summed E-state index contributed by atoms with van der Waals surface area (Å²) >= 11 is 0. The molecular weight excluding hydrogens is 373 g/mol. The number of nitrogens with zero attached hydrogens (tertiary/aromatic N) is 2. The van der Waals surface area contributed by atoms with E-state index in [1.54, 1.807) is 35.1 Å². The van der Waals surface area contributed by atoms with E-state index in [0.717, 1.165) is 16.9 Å². The van der Waals surface area contributed by atoms with Crippen LogP contribution in [0.1, 0.15) is 31.1 Å². The Hall–Kier alpha value is -3.35. The molecule has 6 nitrogen and oxygen atoms in total. The number of hydrogen-bond donors (Lipinski definition) is 1. The lowest BCUT2D eigenvalue weighted by atomic mass is 10.1. The fraction of sp³-hybridized carbons (Fsp3) is 0.273. The topological polar surface area (TPSA) is 65.4 Å². The molecule has 1 unspecified atom stereocenters. The van der Waals surface area contributed by atoms with E-state index in [2.05, 4.69) is 10.4 Å². The van der Waals surface area contributed by atoms with Crippen LogP contribution in [-0.4, -0.2) is 28.9 Å². The third-order valence-corrected chi connectivity index (χ3v) is 4.47. The van der Waals surface area contributed by atoms with Crippen molar-refractivity contribution in [3.05, 3.63) is 71.8 Å². The third kappa shape index (κ3) is 4.93. The number of rotatable bonds is 8. The van der Waals surface area contributed by atoms with Gasteiger partial charge in [0.1, 0.15) is 5.82 Å². The van der Waals surface area contributed by atoms with Gasteiger partial charge in [-0.2, -0.15) is 5.10 Å². The summed E-state index contributed by atoms with van der Waals surface area (Å²) in [4.78, 5) is 12.3. The molecule has 0 saturated heterocycles. The van der Waals surface area contributed by atoms with E-state index in [9.17, 15) is 9.18 Å². The van der Waals surface area contributed by atoms with Gasteiger partial charge in [0, 0.05) is 11.3 Å². The van der Waals surface area contributed by atoms with Crippen LogP contribution in [0.15, 0.2) is 54.7 Å². The first-order valence-corrected chi connectivity index (χ1v) is 9.44. The van der Waals surface area contributed by atoms with Gasteiger partial charge >= 0.3 is 0 Å². The van der Waals surface area contributed by atoms with Gasteiger partial charge in [0.05, 0.1) is 24.5 Å². The molecule has 0 radical (unpaired) electrons. The van der Waals surface area contributed by atoms with Crippen LogP contribution in [0.5, 0.6) is 11.5 Å². The quantitative estimate of drug-likeness (QED) is 0.625. The Kier molecular flexibility index (Phi) is 6.49. The maximum absolute atomic E-state index is 13.1. The molecule has 0 aliphatic carbocycles. The van der Waals surface area contributed by atoms with Crippen molar-refractivity contribution < 1.29 is 18.7 Å². The molecule has 1 amide bonds. The van der Waals surface area contributed by atoms with E-state index >= 15 is 0 Å². The molecule has 3 rings (SSSR count). The first-order valence-electron chi connectivity index (χ1n) is 9.44. The van der Waals surface area contributed by atoms with Gasteiger partial charge in [-0.3, -0.25) is 4.79 Å². The van der Waals surface area contributed by atoms with Gasteiger partial charge in [0.25, 0.3) is 5.91 Å². The number of nitrogens with one attached hydrogen (secondary N) is 1. The van der Waals surface area contributed by atoms with Crippen LogP contribution in [0.4, 0.5) is 4.39 Å². The van der Waals surface area contributed by atoms with Crippen LogP contribution >= 0.6 is 0 Å². The average Bonchev–Trinajstić information content (AvgIpc) is 3.09. The summed E-state index contributed by atoms with van der Waals surface area (Å²) in [5.41, 5.74) is 2.49. The van der Waals surface area contributed by atoms with Crippen LogP contribution in [0.25, 0.3) is 5.69 Å². The van der Waals surface area contributed by atoms with Crippen molar-refractivity contribution in [2.24, 2.45) is 0 Å². The van der Waals surface area contributed by atoms with Crippen LogP contribution < -0.4 is 14.8 Å². The molecule has 0 aliphatic rings. The van der Waals surface area contributed by atoms with Crippen LogP contribution in [-0.2, 0) is 4.79 Å². The molecule has 0 fully saturated rings. The summed E-state index contributed by atoms with van der Waals surface area (Å²) in [5.74, 6) is 0.577. The lowest BCUT2D eigenvalue weighted by Gasteiger charge is -2.15. The Morgan fingerprint density at radius 1 is 1.14 bits per heavy atom. The minimum atomic E-state index is -0.301. The molecule has 1 aromatic heterocycles. The number of amides is 1. The number of para-hydroxylation sites is 2. The van der Waals surface area contributed by atoms with Crippen molar-refractivity contribution in [2.45, 2.75) is 26.8 Å². The molecule has 0 saturated carbocycles. The molecule has 152 valence electrons. The summed E-state index contributed by atoms with van der Waals surface area (Å²) < 4.78 is 26.0. The predicted octanol–water partition coefficient (Wildman–Crippen LogP) is 3.97. The second-order valence-corrected chi connectivity index (χ2v) is 6.53. The summed E-state index contributed by atoms with van der Waals surface area (Å²) in [6.45, 7) is 6.06.